The summed E-state index contributed by atoms with van der Waals surface area (Å²) in [7, 11) is 1.68. The minimum Gasteiger partial charge on any atom is -0.497 e. The van der Waals surface area contributed by atoms with Crippen LogP contribution in [0.15, 0.2) is 48.5 Å². The Hall–Kier alpha value is -1.51. The van der Waals surface area contributed by atoms with Crippen molar-refractivity contribution in [3.8, 4) is 5.75 Å². The van der Waals surface area contributed by atoms with Gasteiger partial charge < -0.3 is 10.5 Å². The third-order valence-corrected chi connectivity index (χ3v) is 4.03. The molecule has 0 saturated carbocycles. The summed E-state index contributed by atoms with van der Waals surface area (Å²) in [4.78, 5) is 0. The number of ether oxygens (including phenoxy) is 1. The normalized spacial score (nSPS) is 13.8. The lowest BCUT2D eigenvalue weighted by Gasteiger charge is -2.30. The second-order valence-electron chi connectivity index (χ2n) is 5.27. The Morgan fingerprint density at radius 3 is 2.55 bits per heavy atom. The molecule has 1 unspecified atom stereocenters. The molecule has 0 amide bonds. The van der Waals surface area contributed by atoms with Crippen molar-refractivity contribution >= 4 is 11.6 Å². The van der Waals surface area contributed by atoms with E-state index in [4.69, 9.17) is 22.1 Å². The number of halogens is 1. The molecule has 106 valence electrons. The van der Waals surface area contributed by atoms with Gasteiger partial charge in [0.05, 0.1) is 7.11 Å². The van der Waals surface area contributed by atoms with Gasteiger partial charge in [-0.2, -0.15) is 0 Å². The molecule has 20 heavy (non-hydrogen) atoms. The van der Waals surface area contributed by atoms with Gasteiger partial charge in [0.1, 0.15) is 5.75 Å². The van der Waals surface area contributed by atoms with Crippen LogP contribution in [0, 0.1) is 0 Å². The highest BCUT2D eigenvalue weighted by molar-refractivity contribution is 6.31. The molecular weight excluding hydrogens is 270 g/mol. The van der Waals surface area contributed by atoms with Crippen LogP contribution in [0.4, 0.5) is 0 Å². The van der Waals surface area contributed by atoms with E-state index in [0.29, 0.717) is 6.54 Å². The van der Waals surface area contributed by atoms with Crippen LogP contribution in [0.5, 0.6) is 5.75 Å². The fraction of sp³-hybridized carbons (Fsp3) is 0.294. The van der Waals surface area contributed by atoms with Crippen molar-refractivity contribution in [1.29, 1.82) is 0 Å². The molecule has 0 fully saturated rings. The van der Waals surface area contributed by atoms with Gasteiger partial charge in [-0.15, -0.1) is 0 Å². The van der Waals surface area contributed by atoms with Crippen molar-refractivity contribution in [3.05, 3.63) is 64.7 Å². The Balaban J connectivity index is 2.34. The van der Waals surface area contributed by atoms with Crippen molar-refractivity contribution in [3.63, 3.8) is 0 Å². The van der Waals surface area contributed by atoms with Gasteiger partial charge in [0.15, 0.2) is 0 Å². The molecule has 0 aromatic heterocycles. The second-order valence-corrected chi connectivity index (χ2v) is 5.68. The molecule has 0 bridgehead atoms. The van der Waals surface area contributed by atoms with Gasteiger partial charge >= 0.3 is 0 Å². The molecule has 0 aliphatic heterocycles. The van der Waals surface area contributed by atoms with E-state index in [9.17, 15) is 0 Å². The van der Waals surface area contributed by atoms with Crippen molar-refractivity contribution < 1.29 is 4.74 Å². The SMILES string of the molecule is COc1cccc(CC(C)(CN)c2ccccc2Cl)c1. The van der Waals surface area contributed by atoms with Gasteiger partial charge in [-0.3, -0.25) is 0 Å². The van der Waals surface area contributed by atoms with E-state index in [1.54, 1.807) is 7.11 Å². The molecular formula is C17H20ClNO. The first kappa shape index (κ1) is 14.9. The van der Waals surface area contributed by atoms with Crippen LogP contribution in [0.3, 0.4) is 0 Å². The van der Waals surface area contributed by atoms with Gasteiger partial charge in [0.2, 0.25) is 0 Å². The van der Waals surface area contributed by atoms with Crippen LogP contribution >= 0.6 is 11.6 Å². The zero-order chi connectivity index (χ0) is 14.6. The minimum atomic E-state index is -0.190. The number of nitrogens with two attached hydrogens (primary N) is 1. The maximum absolute atomic E-state index is 6.33. The second kappa shape index (κ2) is 6.29. The maximum atomic E-state index is 6.33. The fourth-order valence-corrected chi connectivity index (χ4v) is 2.82. The third-order valence-electron chi connectivity index (χ3n) is 3.70. The minimum absolute atomic E-state index is 0.190. The third kappa shape index (κ3) is 3.14. The van der Waals surface area contributed by atoms with E-state index in [0.717, 1.165) is 22.8 Å². The average molecular weight is 290 g/mol. The van der Waals surface area contributed by atoms with E-state index in [2.05, 4.69) is 19.1 Å². The Labute approximate surface area is 125 Å². The molecule has 2 aromatic carbocycles. The molecule has 3 heteroatoms. The summed E-state index contributed by atoms with van der Waals surface area (Å²) >= 11 is 6.33. The smallest absolute Gasteiger partial charge is 0.119 e. The quantitative estimate of drug-likeness (QED) is 0.908. The molecule has 2 nitrogen and oxygen atoms in total. The molecule has 2 N–H and O–H groups in total. The first-order chi connectivity index (χ1) is 9.59. The molecule has 0 saturated heterocycles. The number of methoxy groups -OCH3 is 1. The molecule has 0 spiro atoms. The predicted molar refractivity (Wildman–Crippen MR) is 84.6 cm³/mol. The average Bonchev–Trinajstić information content (AvgIpc) is 2.47. The van der Waals surface area contributed by atoms with Crippen molar-refractivity contribution in [2.24, 2.45) is 5.73 Å². The van der Waals surface area contributed by atoms with Crippen LogP contribution in [0.25, 0.3) is 0 Å². The lowest BCUT2D eigenvalue weighted by molar-refractivity contribution is 0.413. The van der Waals surface area contributed by atoms with Crippen LogP contribution < -0.4 is 10.5 Å². The zero-order valence-corrected chi connectivity index (χ0v) is 12.7. The molecule has 0 heterocycles. The summed E-state index contributed by atoms with van der Waals surface area (Å²) < 4.78 is 5.28. The Kier molecular flexibility index (Phi) is 4.69. The predicted octanol–water partition coefficient (Wildman–Crippen LogP) is 3.81. The van der Waals surface area contributed by atoms with Gasteiger partial charge in [0.25, 0.3) is 0 Å². The monoisotopic (exact) mass is 289 g/mol. The highest BCUT2D eigenvalue weighted by Gasteiger charge is 2.27. The van der Waals surface area contributed by atoms with Crippen LogP contribution in [-0.4, -0.2) is 13.7 Å². The largest absolute Gasteiger partial charge is 0.497 e. The summed E-state index contributed by atoms with van der Waals surface area (Å²) in [5.41, 5.74) is 8.13. The summed E-state index contributed by atoms with van der Waals surface area (Å²) in [5.74, 6) is 0.862. The Morgan fingerprint density at radius 1 is 1.15 bits per heavy atom. The molecule has 2 aromatic rings. The van der Waals surface area contributed by atoms with Crippen LogP contribution in [0.2, 0.25) is 5.02 Å². The first-order valence-corrected chi connectivity index (χ1v) is 7.05. The van der Waals surface area contributed by atoms with Crippen molar-refractivity contribution in [2.75, 3.05) is 13.7 Å². The maximum Gasteiger partial charge on any atom is 0.119 e. The van der Waals surface area contributed by atoms with E-state index in [-0.39, 0.29) is 5.41 Å². The Morgan fingerprint density at radius 2 is 1.90 bits per heavy atom. The van der Waals surface area contributed by atoms with E-state index < -0.39 is 0 Å². The summed E-state index contributed by atoms with van der Waals surface area (Å²) in [5, 5.41) is 0.767. The number of benzene rings is 2. The van der Waals surface area contributed by atoms with Crippen LogP contribution in [0.1, 0.15) is 18.1 Å². The van der Waals surface area contributed by atoms with Gasteiger partial charge in [-0.25, -0.2) is 0 Å². The van der Waals surface area contributed by atoms with E-state index in [1.165, 1.54) is 5.56 Å². The standard InChI is InChI=1S/C17H20ClNO/c1-17(12-19,15-8-3-4-9-16(15)18)11-13-6-5-7-14(10-13)20-2/h3-10H,11-12,19H2,1-2H3. The van der Waals surface area contributed by atoms with Crippen molar-refractivity contribution in [1.82, 2.24) is 0 Å². The molecule has 1 atom stereocenters. The lowest BCUT2D eigenvalue weighted by atomic mass is 9.77. The highest BCUT2D eigenvalue weighted by atomic mass is 35.5. The number of hydrogen-bond acceptors (Lipinski definition) is 2. The number of rotatable bonds is 5. The Bertz CT molecular complexity index is 585. The summed E-state index contributed by atoms with van der Waals surface area (Å²) in [6.45, 7) is 2.68. The van der Waals surface area contributed by atoms with E-state index >= 15 is 0 Å². The van der Waals surface area contributed by atoms with Gasteiger partial charge in [0, 0.05) is 17.0 Å². The summed E-state index contributed by atoms with van der Waals surface area (Å²) in [6, 6.07) is 16.0. The molecule has 0 radical (unpaired) electrons. The topological polar surface area (TPSA) is 35.2 Å². The molecule has 2 rings (SSSR count). The highest BCUT2D eigenvalue weighted by Crippen LogP contribution is 2.33. The lowest BCUT2D eigenvalue weighted by Crippen LogP contribution is -2.34. The zero-order valence-electron chi connectivity index (χ0n) is 11.9. The van der Waals surface area contributed by atoms with Gasteiger partial charge in [-0.1, -0.05) is 48.9 Å². The molecule has 0 aliphatic carbocycles. The fourth-order valence-electron chi connectivity index (χ4n) is 2.46. The first-order valence-electron chi connectivity index (χ1n) is 6.67. The molecule has 0 aliphatic rings. The number of hydrogen-bond donors (Lipinski definition) is 1. The van der Waals surface area contributed by atoms with Crippen LogP contribution in [-0.2, 0) is 11.8 Å². The van der Waals surface area contributed by atoms with Gasteiger partial charge in [-0.05, 0) is 35.7 Å². The van der Waals surface area contributed by atoms with Crippen molar-refractivity contribution in [2.45, 2.75) is 18.8 Å². The van der Waals surface area contributed by atoms with E-state index in [1.807, 2.05) is 36.4 Å². The summed E-state index contributed by atoms with van der Waals surface area (Å²) in [6.07, 6.45) is 0.824.